The second kappa shape index (κ2) is 6.17. The van der Waals surface area contributed by atoms with Gasteiger partial charge in [0.25, 0.3) is 5.91 Å². The minimum atomic E-state index is -0.0867. The summed E-state index contributed by atoms with van der Waals surface area (Å²) in [6.07, 6.45) is 5.66. The Bertz CT molecular complexity index is 504. The van der Waals surface area contributed by atoms with Gasteiger partial charge in [-0.3, -0.25) is 4.79 Å². The number of thioether (sulfide) groups is 1. The Morgan fingerprint density at radius 2 is 2.00 bits per heavy atom. The van der Waals surface area contributed by atoms with Gasteiger partial charge < -0.3 is 16.3 Å². The fourth-order valence-corrected chi connectivity index (χ4v) is 3.13. The molecule has 0 bridgehead atoms. The molecule has 0 spiro atoms. The number of rotatable bonds is 5. The molecule has 1 aromatic rings. The van der Waals surface area contributed by atoms with E-state index in [2.05, 4.69) is 16.7 Å². The van der Waals surface area contributed by atoms with Crippen LogP contribution in [0.2, 0.25) is 0 Å². The van der Waals surface area contributed by atoms with Gasteiger partial charge in [-0.1, -0.05) is 23.7 Å². The third-order valence-electron chi connectivity index (χ3n) is 3.82. The quantitative estimate of drug-likeness (QED) is 0.334. The highest BCUT2D eigenvalue weighted by atomic mass is 32.2. The van der Waals surface area contributed by atoms with E-state index < -0.39 is 0 Å². The Morgan fingerprint density at radius 1 is 1.40 bits per heavy atom. The van der Waals surface area contributed by atoms with Gasteiger partial charge >= 0.3 is 0 Å². The lowest BCUT2D eigenvalue weighted by molar-refractivity contribution is 0.0944. The second-order valence-corrected chi connectivity index (χ2v) is 6.26. The summed E-state index contributed by atoms with van der Waals surface area (Å²) in [6, 6.07) is 6.68. The molecule has 1 saturated carbocycles. The number of carbonyl (C=O) groups excluding carboxylic acids is 1. The summed E-state index contributed by atoms with van der Waals surface area (Å²) in [4.78, 5) is 12.1. The number of nitrogens with one attached hydrogen (secondary N) is 1. The van der Waals surface area contributed by atoms with E-state index in [1.165, 1.54) is 6.42 Å². The Labute approximate surface area is 122 Å². The summed E-state index contributed by atoms with van der Waals surface area (Å²) in [6.45, 7) is 0.703. The molecule has 108 valence electrons. The van der Waals surface area contributed by atoms with Crippen LogP contribution in [0.4, 0.5) is 0 Å². The first kappa shape index (κ1) is 14.7. The SMILES string of the molecule is CSC1(CNC(=O)c2ccc(/C(N)=N/O)cc2)CCC1. The molecule has 5 nitrogen and oxygen atoms in total. The van der Waals surface area contributed by atoms with Crippen LogP contribution in [0.3, 0.4) is 0 Å². The number of oxime groups is 1. The molecule has 6 heteroatoms. The molecule has 0 aromatic heterocycles. The number of benzene rings is 1. The third kappa shape index (κ3) is 3.07. The molecule has 1 aromatic carbocycles. The first-order chi connectivity index (χ1) is 9.60. The zero-order chi connectivity index (χ0) is 14.6. The monoisotopic (exact) mass is 293 g/mol. The first-order valence-corrected chi connectivity index (χ1v) is 7.74. The Kier molecular flexibility index (Phi) is 4.54. The smallest absolute Gasteiger partial charge is 0.251 e. The van der Waals surface area contributed by atoms with Crippen molar-refractivity contribution in [2.75, 3.05) is 12.8 Å². The highest BCUT2D eigenvalue weighted by Gasteiger charge is 2.36. The molecule has 20 heavy (non-hydrogen) atoms. The normalized spacial score (nSPS) is 17.4. The maximum Gasteiger partial charge on any atom is 0.251 e. The molecule has 0 saturated heterocycles. The third-order valence-corrected chi connectivity index (χ3v) is 5.24. The molecule has 0 unspecified atom stereocenters. The van der Waals surface area contributed by atoms with Gasteiger partial charge in [0.15, 0.2) is 5.84 Å². The summed E-state index contributed by atoms with van der Waals surface area (Å²) < 4.78 is 0.226. The van der Waals surface area contributed by atoms with Crippen molar-refractivity contribution in [3.63, 3.8) is 0 Å². The van der Waals surface area contributed by atoms with E-state index in [4.69, 9.17) is 10.9 Å². The van der Waals surface area contributed by atoms with Crippen molar-refractivity contribution in [2.45, 2.75) is 24.0 Å². The van der Waals surface area contributed by atoms with E-state index in [9.17, 15) is 4.79 Å². The molecule has 0 heterocycles. The van der Waals surface area contributed by atoms with Gasteiger partial charge in [0, 0.05) is 22.4 Å². The predicted molar refractivity (Wildman–Crippen MR) is 81.4 cm³/mol. The van der Waals surface area contributed by atoms with Crippen molar-refractivity contribution in [3.05, 3.63) is 35.4 Å². The van der Waals surface area contributed by atoms with Gasteiger partial charge in [0.1, 0.15) is 0 Å². The molecule has 1 amide bonds. The van der Waals surface area contributed by atoms with Gasteiger partial charge in [-0.05, 0) is 31.2 Å². The largest absolute Gasteiger partial charge is 0.409 e. The van der Waals surface area contributed by atoms with Crippen LogP contribution >= 0.6 is 11.8 Å². The molecular weight excluding hydrogens is 274 g/mol. The number of nitrogens with two attached hydrogens (primary N) is 1. The van der Waals surface area contributed by atoms with E-state index in [-0.39, 0.29) is 16.5 Å². The van der Waals surface area contributed by atoms with Gasteiger partial charge in [-0.25, -0.2) is 0 Å². The number of nitrogens with zero attached hydrogens (tertiary/aromatic N) is 1. The minimum Gasteiger partial charge on any atom is -0.409 e. The van der Waals surface area contributed by atoms with Crippen molar-refractivity contribution in [1.82, 2.24) is 5.32 Å². The van der Waals surface area contributed by atoms with Crippen LogP contribution < -0.4 is 11.1 Å². The van der Waals surface area contributed by atoms with Crippen LogP contribution in [-0.2, 0) is 0 Å². The zero-order valence-electron chi connectivity index (χ0n) is 11.4. The fraction of sp³-hybridized carbons (Fsp3) is 0.429. The molecule has 1 fully saturated rings. The average molecular weight is 293 g/mol. The highest BCUT2D eigenvalue weighted by Crippen LogP contribution is 2.42. The molecule has 0 radical (unpaired) electrons. The van der Waals surface area contributed by atoms with Gasteiger partial charge in [-0.15, -0.1) is 0 Å². The molecule has 0 atom stereocenters. The zero-order valence-corrected chi connectivity index (χ0v) is 12.2. The average Bonchev–Trinajstić information content (AvgIpc) is 2.45. The Hall–Kier alpha value is -1.69. The predicted octanol–water partition coefficient (Wildman–Crippen LogP) is 1.80. The van der Waals surface area contributed by atoms with Crippen LogP contribution in [-0.4, -0.2) is 34.5 Å². The number of amides is 1. The van der Waals surface area contributed by atoms with Gasteiger partial charge in [0.2, 0.25) is 0 Å². The second-order valence-electron chi connectivity index (χ2n) is 4.99. The van der Waals surface area contributed by atoms with Crippen molar-refractivity contribution in [1.29, 1.82) is 0 Å². The first-order valence-electron chi connectivity index (χ1n) is 6.51. The summed E-state index contributed by atoms with van der Waals surface area (Å²) in [5, 5.41) is 14.5. The van der Waals surface area contributed by atoms with Crippen LogP contribution in [0.25, 0.3) is 0 Å². The van der Waals surface area contributed by atoms with Gasteiger partial charge in [-0.2, -0.15) is 11.8 Å². The van der Waals surface area contributed by atoms with Crippen LogP contribution in [0.1, 0.15) is 35.2 Å². The lowest BCUT2D eigenvalue weighted by atomic mass is 9.84. The minimum absolute atomic E-state index is 0.0350. The summed E-state index contributed by atoms with van der Waals surface area (Å²) in [5.41, 5.74) is 6.64. The van der Waals surface area contributed by atoms with E-state index in [0.717, 1.165) is 12.8 Å². The maximum atomic E-state index is 12.1. The number of amidine groups is 1. The van der Waals surface area contributed by atoms with E-state index in [1.54, 1.807) is 24.3 Å². The van der Waals surface area contributed by atoms with E-state index in [0.29, 0.717) is 17.7 Å². The fourth-order valence-electron chi connectivity index (χ4n) is 2.22. The summed E-state index contributed by atoms with van der Waals surface area (Å²) in [5.74, 6) is -0.0517. The molecule has 1 aliphatic rings. The molecule has 0 aliphatic heterocycles. The van der Waals surface area contributed by atoms with Gasteiger partial charge in [0.05, 0.1) is 0 Å². The van der Waals surface area contributed by atoms with Crippen LogP contribution in [0.5, 0.6) is 0 Å². The van der Waals surface area contributed by atoms with Crippen molar-refractivity contribution in [3.8, 4) is 0 Å². The van der Waals surface area contributed by atoms with Crippen LogP contribution in [0.15, 0.2) is 29.4 Å². The van der Waals surface area contributed by atoms with E-state index in [1.807, 2.05) is 11.8 Å². The molecule has 2 rings (SSSR count). The Balaban J connectivity index is 1.96. The lowest BCUT2D eigenvalue weighted by Gasteiger charge is -2.40. The molecule has 4 N–H and O–H groups in total. The summed E-state index contributed by atoms with van der Waals surface area (Å²) in [7, 11) is 0. The van der Waals surface area contributed by atoms with Crippen molar-refractivity contribution < 1.29 is 10.0 Å². The standard InChI is InChI=1S/C14H19N3O2S/c1-20-14(7-2-8-14)9-16-13(18)11-5-3-10(4-6-11)12(15)17-19/h3-6,19H,2,7-9H2,1H3,(H2,15,17)(H,16,18). The molecule has 1 aliphatic carbocycles. The number of hydrogen-bond acceptors (Lipinski definition) is 4. The molecular formula is C14H19N3O2S. The van der Waals surface area contributed by atoms with E-state index >= 15 is 0 Å². The van der Waals surface area contributed by atoms with Crippen LogP contribution in [0, 0.1) is 0 Å². The Morgan fingerprint density at radius 3 is 2.45 bits per heavy atom. The number of carbonyl (C=O) groups is 1. The maximum absolute atomic E-state index is 12.1. The topological polar surface area (TPSA) is 87.7 Å². The van der Waals surface area contributed by atoms with Crippen molar-refractivity contribution in [2.24, 2.45) is 10.9 Å². The van der Waals surface area contributed by atoms with Crippen molar-refractivity contribution >= 4 is 23.5 Å². The lowest BCUT2D eigenvalue weighted by Crippen LogP contribution is -2.45. The highest BCUT2D eigenvalue weighted by molar-refractivity contribution is 8.00. The summed E-state index contributed by atoms with van der Waals surface area (Å²) >= 11 is 1.83. The number of hydrogen-bond donors (Lipinski definition) is 3.